The zero-order valence-corrected chi connectivity index (χ0v) is 13.2. The van der Waals surface area contributed by atoms with E-state index in [1.165, 1.54) is 25.9 Å². The van der Waals surface area contributed by atoms with Gasteiger partial charge in [-0.15, -0.1) is 0 Å². The van der Waals surface area contributed by atoms with Crippen LogP contribution in [0.4, 0.5) is 0 Å². The van der Waals surface area contributed by atoms with E-state index in [1.807, 2.05) is 12.3 Å². The maximum absolute atomic E-state index is 5.81. The Morgan fingerprint density at radius 2 is 2.32 bits per heavy atom. The van der Waals surface area contributed by atoms with Crippen molar-refractivity contribution in [3.8, 4) is 0 Å². The summed E-state index contributed by atoms with van der Waals surface area (Å²) in [4.78, 5) is 11.8. The highest BCUT2D eigenvalue weighted by molar-refractivity contribution is 5.71. The number of pyridine rings is 1. The van der Waals surface area contributed by atoms with Gasteiger partial charge in [-0.05, 0) is 50.9 Å². The first-order valence-electron chi connectivity index (χ1n) is 8.40. The van der Waals surface area contributed by atoms with E-state index in [9.17, 15) is 0 Å². The quantitative estimate of drug-likeness (QED) is 0.867. The van der Waals surface area contributed by atoms with Gasteiger partial charge in [0, 0.05) is 32.3 Å². The predicted molar refractivity (Wildman–Crippen MR) is 85.8 cm³/mol. The van der Waals surface area contributed by atoms with Crippen molar-refractivity contribution in [2.75, 3.05) is 26.7 Å². The second-order valence-electron chi connectivity index (χ2n) is 6.74. The molecule has 2 aliphatic heterocycles. The van der Waals surface area contributed by atoms with Gasteiger partial charge in [-0.2, -0.15) is 0 Å². The van der Waals surface area contributed by atoms with Crippen molar-refractivity contribution in [3.05, 3.63) is 24.2 Å². The Bertz CT molecular complexity index is 647. The van der Waals surface area contributed by atoms with Crippen LogP contribution in [0.5, 0.6) is 0 Å². The lowest BCUT2D eigenvalue weighted by Crippen LogP contribution is -2.20. The molecule has 0 aromatic carbocycles. The smallest absolute Gasteiger partial charge is 0.159 e. The van der Waals surface area contributed by atoms with Gasteiger partial charge in [0.25, 0.3) is 0 Å². The number of nitrogens with zero attached hydrogens (tertiary/aromatic N) is 4. The van der Waals surface area contributed by atoms with Crippen molar-refractivity contribution in [1.82, 2.24) is 19.4 Å². The van der Waals surface area contributed by atoms with Crippen LogP contribution in [0.3, 0.4) is 0 Å². The zero-order valence-electron chi connectivity index (χ0n) is 13.2. The van der Waals surface area contributed by atoms with Crippen LogP contribution in [0, 0.1) is 5.92 Å². The van der Waals surface area contributed by atoms with Crippen molar-refractivity contribution in [2.24, 2.45) is 5.92 Å². The molecule has 118 valence electrons. The highest BCUT2D eigenvalue weighted by Crippen LogP contribution is 2.24. The second-order valence-corrected chi connectivity index (χ2v) is 6.74. The summed E-state index contributed by atoms with van der Waals surface area (Å²) >= 11 is 0. The van der Waals surface area contributed by atoms with Gasteiger partial charge in [-0.25, -0.2) is 9.97 Å². The molecule has 0 radical (unpaired) electrons. The maximum atomic E-state index is 5.81. The minimum Gasteiger partial charge on any atom is -0.378 e. The molecule has 0 aliphatic carbocycles. The van der Waals surface area contributed by atoms with Crippen molar-refractivity contribution in [1.29, 1.82) is 0 Å². The molecule has 2 fully saturated rings. The summed E-state index contributed by atoms with van der Waals surface area (Å²) in [6, 6.07) is 4.04. The van der Waals surface area contributed by atoms with Crippen LogP contribution in [-0.2, 0) is 17.7 Å². The van der Waals surface area contributed by atoms with Gasteiger partial charge in [-0.1, -0.05) is 0 Å². The second kappa shape index (κ2) is 5.97. The van der Waals surface area contributed by atoms with Gasteiger partial charge in [0.1, 0.15) is 11.3 Å². The lowest BCUT2D eigenvalue weighted by molar-refractivity contribution is 0.109. The molecule has 0 spiro atoms. The fourth-order valence-corrected chi connectivity index (χ4v) is 3.80. The molecular formula is C17H24N4O. The number of ether oxygens (including phenoxy) is 1. The SMILES string of the molecule is CN1CCC(Cn2c(CC3CCCO3)nc3cccnc32)C1. The van der Waals surface area contributed by atoms with Crippen LogP contribution in [0.25, 0.3) is 11.2 Å². The van der Waals surface area contributed by atoms with E-state index in [0.29, 0.717) is 12.0 Å². The number of aromatic nitrogens is 3. The number of fused-ring (bicyclic) bond motifs is 1. The molecule has 0 N–H and O–H groups in total. The molecule has 2 atom stereocenters. The van der Waals surface area contributed by atoms with E-state index in [0.717, 1.165) is 43.0 Å². The molecule has 2 saturated heterocycles. The average Bonchev–Trinajstić information content (AvgIpc) is 3.23. The van der Waals surface area contributed by atoms with Crippen molar-refractivity contribution < 1.29 is 4.74 Å². The standard InChI is InChI=1S/C17H24N4O/c1-20-8-6-13(11-20)12-21-16(10-14-4-3-9-22-14)19-15-5-2-7-18-17(15)21/h2,5,7,13-14H,3-4,6,8-12H2,1H3. The third-order valence-corrected chi connectivity index (χ3v) is 4.95. The first-order chi connectivity index (χ1) is 10.8. The van der Waals surface area contributed by atoms with Gasteiger partial charge in [0.15, 0.2) is 5.65 Å². The molecule has 0 amide bonds. The molecule has 2 aromatic heterocycles. The first kappa shape index (κ1) is 14.2. The normalized spacial score (nSPS) is 26.2. The first-order valence-corrected chi connectivity index (χ1v) is 8.40. The Morgan fingerprint density at radius 3 is 3.09 bits per heavy atom. The average molecular weight is 300 g/mol. The summed E-state index contributed by atoms with van der Waals surface area (Å²) < 4.78 is 8.16. The minimum atomic E-state index is 0.335. The van der Waals surface area contributed by atoms with E-state index in [2.05, 4.69) is 27.6 Å². The van der Waals surface area contributed by atoms with Gasteiger partial charge < -0.3 is 14.2 Å². The predicted octanol–water partition coefficient (Wildman–Crippen LogP) is 2.10. The maximum Gasteiger partial charge on any atom is 0.159 e. The van der Waals surface area contributed by atoms with Crippen LogP contribution < -0.4 is 0 Å². The summed E-state index contributed by atoms with van der Waals surface area (Å²) in [5.41, 5.74) is 2.05. The van der Waals surface area contributed by atoms with Gasteiger partial charge >= 0.3 is 0 Å². The summed E-state index contributed by atoms with van der Waals surface area (Å²) in [6.07, 6.45) is 6.72. The van der Waals surface area contributed by atoms with Crippen LogP contribution >= 0.6 is 0 Å². The molecule has 2 aliphatic rings. The number of imidazole rings is 1. The largest absolute Gasteiger partial charge is 0.378 e. The Morgan fingerprint density at radius 1 is 1.36 bits per heavy atom. The number of rotatable bonds is 4. The molecule has 5 heteroatoms. The molecule has 4 heterocycles. The van der Waals surface area contributed by atoms with Crippen molar-refractivity contribution in [2.45, 2.75) is 38.3 Å². The van der Waals surface area contributed by atoms with Gasteiger partial charge in [0.2, 0.25) is 0 Å². The summed E-state index contributed by atoms with van der Waals surface area (Å²) in [5.74, 6) is 1.85. The van der Waals surface area contributed by atoms with E-state index in [4.69, 9.17) is 9.72 Å². The molecule has 2 aromatic rings. The highest BCUT2D eigenvalue weighted by atomic mass is 16.5. The van der Waals surface area contributed by atoms with E-state index >= 15 is 0 Å². The third kappa shape index (κ3) is 2.75. The van der Waals surface area contributed by atoms with Crippen LogP contribution in [0.2, 0.25) is 0 Å². The highest BCUT2D eigenvalue weighted by Gasteiger charge is 2.24. The molecule has 0 saturated carbocycles. The summed E-state index contributed by atoms with van der Waals surface area (Å²) in [5, 5.41) is 0. The number of hydrogen-bond donors (Lipinski definition) is 0. The summed E-state index contributed by atoms with van der Waals surface area (Å²) in [7, 11) is 2.21. The minimum absolute atomic E-state index is 0.335. The van der Waals surface area contributed by atoms with E-state index < -0.39 is 0 Å². The fourth-order valence-electron chi connectivity index (χ4n) is 3.80. The molecule has 2 unspecified atom stereocenters. The lowest BCUT2D eigenvalue weighted by Gasteiger charge is -2.16. The molecule has 5 nitrogen and oxygen atoms in total. The number of likely N-dealkylation sites (tertiary alicyclic amines) is 1. The van der Waals surface area contributed by atoms with E-state index in [-0.39, 0.29) is 0 Å². The lowest BCUT2D eigenvalue weighted by atomic mass is 10.1. The Labute approximate surface area is 131 Å². The van der Waals surface area contributed by atoms with E-state index in [1.54, 1.807) is 0 Å². The van der Waals surface area contributed by atoms with Crippen LogP contribution in [0.15, 0.2) is 18.3 Å². The van der Waals surface area contributed by atoms with Gasteiger partial charge in [-0.3, -0.25) is 0 Å². The monoisotopic (exact) mass is 300 g/mol. The van der Waals surface area contributed by atoms with Crippen LogP contribution in [-0.4, -0.2) is 52.3 Å². The Balaban J connectivity index is 1.63. The fraction of sp³-hybridized carbons (Fsp3) is 0.647. The third-order valence-electron chi connectivity index (χ3n) is 4.95. The van der Waals surface area contributed by atoms with Crippen LogP contribution in [0.1, 0.15) is 25.1 Å². The van der Waals surface area contributed by atoms with Crippen molar-refractivity contribution >= 4 is 11.2 Å². The zero-order chi connectivity index (χ0) is 14.9. The topological polar surface area (TPSA) is 43.2 Å². The Kier molecular flexibility index (Phi) is 3.84. The molecule has 4 rings (SSSR count). The molecule has 22 heavy (non-hydrogen) atoms. The molecule has 0 bridgehead atoms. The Hall–Kier alpha value is -1.46. The van der Waals surface area contributed by atoms with Gasteiger partial charge in [0.05, 0.1) is 6.10 Å². The number of hydrogen-bond acceptors (Lipinski definition) is 4. The van der Waals surface area contributed by atoms with Crippen molar-refractivity contribution in [3.63, 3.8) is 0 Å². The molecular weight excluding hydrogens is 276 g/mol. The summed E-state index contributed by atoms with van der Waals surface area (Å²) in [6.45, 7) is 4.30.